The normalized spacial score (nSPS) is 15.5. The first-order valence-corrected chi connectivity index (χ1v) is 13.2. The van der Waals surface area contributed by atoms with E-state index in [0.717, 1.165) is 16.7 Å². The summed E-state index contributed by atoms with van der Waals surface area (Å²) in [5.74, 6) is 1.62. The maximum atomic E-state index is 13.8. The van der Waals surface area contributed by atoms with Gasteiger partial charge in [-0.15, -0.1) is 0 Å². The molecule has 0 saturated carbocycles. The van der Waals surface area contributed by atoms with Crippen molar-refractivity contribution in [2.45, 2.75) is 19.2 Å². The van der Waals surface area contributed by atoms with Gasteiger partial charge >= 0.3 is 0 Å². The van der Waals surface area contributed by atoms with Crippen LogP contribution in [0.5, 0.6) is 17.2 Å². The van der Waals surface area contributed by atoms with Crippen LogP contribution in [0.25, 0.3) is 11.0 Å². The molecule has 0 spiro atoms. The Hall–Kier alpha value is -4.75. The lowest BCUT2D eigenvalue weighted by Gasteiger charge is -2.25. The molecule has 0 fully saturated rings. The van der Waals surface area contributed by atoms with Crippen LogP contribution in [0, 0.1) is 0 Å². The topological polar surface area (TPSA) is 78.2 Å². The van der Waals surface area contributed by atoms with Gasteiger partial charge < -0.3 is 23.5 Å². The molecule has 8 heteroatoms. The van der Waals surface area contributed by atoms with Crippen molar-refractivity contribution in [1.29, 1.82) is 0 Å². The summed E-state index contributed by atoms with van der Waals surface area (Å²) in [5.41, 5.74) is 2.97. The monoisotopic (exact) mass is 551 g/mol. The number of hydrogen-bond acceptors (Lipinski definition) is 6. The number of fused-ring (bicyclic) bond motifs is 3. The van der Waals surface area contributed by atoms with E-state index >= 15 is 0 Å². The van der Waals surface area contributed by atoms with Crippen molar-refractivity contribution in [1.82, 2.24) is 4.90 Å². The van der Waals surface area contributed by atoms with E-state index in [1.807, 2.05) is 72.8 Å². The average molecular weight is 552 g/mol. The molecule has 7 nitrogen and oxygen atoms in total. The van der Waals surface area contributed by atoms with Gasteiger partial charge in [0.1, 0.15) is 17.9 Å². The molecule has 40 heavy (non-hydrogen) atoms. The van der Waals surface area contributed by atoms with Crippen LogP contribution >= 0.6 is 11.6 Å². The van der Waals surface area contributed by atoms with Gasteiger partial charge in [0.25, 0.3) is 5.91 Å². The lowest BCUT2D eigenvalue weighted by Crippen LogP contribution is -2.29. The first kappa shape index (κ1) is 24.3. The highest BCUT2D eigenvalue weighted by Gasteiger charge is 2.43. The van der Waals surface area contributed by atoms with Crippen molar-refractivity contribution >= 4 is 28.5 Å². The number of nitrogens with zero attached hydrogens (tertiary/aromatic N) is 1. The standard InChI is InChI=1S/C32H22ClNO6/c33-22-9-13-25-24(15-22)30(35)28-29(21-7-10-23(11-8-21)37-17-19-4-2-1-3-5-19)34(32(36)31(28)40-25)16-20-6-12-26-27(14-20)39-18-38-26/h1-15,29H,16-18H2. The van der Waals surface area contributed by atoms with Crippen LogP contribution in [0.4, 0.5) is 0 Å². The highest BCUT2D eigenvalue weighted by Crippen LogP contribution is 2.41. The molecule has 0 aliphatic carbocycles. The molecule has 198 valence electrons. The summed E-state index contributed by atoms with van der Waals surface area (Å²) < 4.78 is 23.0. The van der Waals surface area contributed by atoms with E-state index < -0.39 is 6.04 Å². The van der Waals surface area contributed by atoms with Gasteiger partial charge in [0.2, 0.25) is 12.6 Å². The molecule has 2 aliphatic rings. The Balaban J connectivity index is 1.28. The molecule has 0 N–H and O–H groups in total. The summed E-state index contributed by atoms with van der Waals surface area (Å²) in [4.78, 5) is 29.3. The van der Waals surface area contributed by atoms with E-state index in [2.05, 4.69) is 0 Å². The Morgan fingerprint density at radius 2 is 1.65 bits per heavy atom. The smallest absolute Gasteiger partial charge is 0.291 e. The number of halogens is 1. The van der Waals surface area contributed by atoms with Gasteiger partial charge in [0.05, 0.1) is 17.0 Å². The first-order valence-electron chi connectivity index (χ1n) is 12.8. The lowest BCUT2D eigenvalue weighted by atomic mass is 9.98. The van der Waals surface area contributed by atoms with E-state index in [1.165, 1.54) is 0 Å². The third-order valence-electron chi connectivity index (χ3n) is 7.16. The van der Waals surface area contributed by atoms with Crippen molar-refractivity contribution in [3.8, 4) is 17.2 Å². The minimum atomic E-state index is -0.671. The van der Waals surface area contributed by atoms with Crippen LogP contribution in [-0.2, 0) is 13.2 Å². The van der Waals surface area contributed by atoms with Gasteiger partial charge in [-0.3, -0.25) is 9.59 Å². The number of hydrogen-bond donors (Lipinski definition) is 0. The van der Waals surface area contributed by atoms with Gasteiger partial charge in [-0.05, 0) is 59.2 Å². The summed E-state index contributed by atoms with van der Waals surface area (Å²) in [6.07, 6.45) is 0. The van der Waals surface area contributed by atoms with Crippen molar-refractivity contribution < 1.29 is 23.4 Å². The second kappa shape index (κ2) is 9.77. The Morgan fingerprint density at radius 1 is 0.850 bits per heavy atom. The predicted octanol–water partition coefficient (Wildman–Crippen LogP) is 6.50. The number of amides is 1. The molecule has 5 aromatic rings. The summed E-state index contributed by atoms with van der Waals surface area (Å²) >= 11 is 6.20. The van der Waals surface area contributed by atoms with Crippen molar-refractivity contribution in [2.75, 3.05) is 6.79 Å². The Labute approximate surface area is 234 Å². The third-order valence-corrected chi connectivity index (χ3v) is 7.40. The van der Waals surface area contributed by atoms with Crippen molar-refractivity contribution in [3.05, 3.63) is 134 Å². The van der Waals surface area contributed by atoms with Crippen LogP contribution in [0.15, 0.2) is 100 Å². The average Bonchev–Trinajstić information content (AvgIpc) is 3.56. The SMILES string of the molecule is O=C1c2oc3ccc(Cl)cc3c(=O)c2C(c2ccc(OCc3ccccc3)cc2)N1Cc1ccc2c(c1)OCO2. The zero-order valence-corrected chi connectivity index (χ0v) is 21.9. The maximum Gasteiger partial charge on any atom is 0.291 e. The minimum absolute atomic E-state index is 0.0370. The number of rotatable bonds is 6. The van der Waals surface area contributed by atoms with Crippen LogP contribution < -0.4 is 19.6 Å². The molecule has 0 saturated heterocycles. The van der Waals surface area contributed by atoms with E-state index in [1.54, 1.807) is 23.1 Å². The van der Waals surface area contributed by atoms with Gasteiger partial charge in [0.15, 0.2) is 16.9 Å². The Kier molecular flexibility index (Phi) is 5.94. The largest absolute Gasteiger partial charge is 0.489 e. The molecule has 1 atom stereocenters. The van der Waals surface area contributed by atoms with Crippen LogP contribution in [0.2, 0.25) is 5.02 Å². The molecular formula is C32H22ClNO6. The number of benzene rings is 4. The van der Waals surface area contributed by atoms with E-state index in [0.29, 0.717) is 45.4 Å². The second-order valence-electron chi connectivity index (χ2n) is 9.68. The molecule has 4 aromatic carbocycles. The van der Waals surface area contributed by atoms with Crippen LogP contribution in [-0.4, -0.2) is 17.6 Å². The van der Waals surface area contributed by atoms with E-state index in [-0.39, 0.29) is 30.4 Å². The zero-order chi connectivity index (χ0) is 27.2. The van der Waals surface area contributed by atoms with E-state index in [4.69, 9.17) is 30.2 Å². The fourth-order valence-corrected chi connectivity index (χ4v) is 5.40. The predicted molar refractivity (Wildman–Crippen MR) is 149 cm³/mol. The molecule has 1 aromatic heterocycles. The molecule has 3 heterocycles. The summed E-state index contributed by atoms with van der Waals surface area (Å²) in [7, 11) is 0. The van der Waals surface area contributed by atoms with E-state index in [9.17, 15) is 9.59 Å². The van der Waals surface area contributed by atoms with Gasteiger partial charge in [-0.2, -0.15) is 0 Å². The summed E-state index contributed by atoms with van der Waals surface area (Å²) in [5, 5.41) is 0.745. The van der Waals surface area contributed by atoms with Gasteiger partial charge in [-0.1, -0.05) is 60.1 Å². The first-order chi connectivity index (χ1) is 19.5. The minimum Gasteiger partial charge on any atom is -0.489 e. The zero-order valence-electron chi connectivity index (χ0n) is 21.1. The highest BCUT2D eigenvalue weighted by molar-refractivity contribution is 6.31. The highest BCUT2D eigenvalue weighted by atomic mass is 35.5. The molecule has 7 rings (SSSR count). The number of ether oxygens (including phenoxy) is 3. The summed E-state index contributed by atoms with van der Waals surface area (Å²) in [6.45, 7) is 0.812. The molecule has 0 radical (unpaired) electrons. The summed E-state index contributed by atoms with van der Waals surface area (Å²) in [6, 6.07) is 27.0. The molecule has 1 unspecified atom stereocenters. The Bertz CT molecular complexity index is 1820. The van der Waals surface area contributed by atoms with Gasteiger partial charge in [-0.25, -0.2) is 0 Å². The Morgan fingerprint density at radius 3 is 2.48 bits per heavy atom. The quantitative estimate of drug-likeness (QED) is 0.240. The van der Waals surface area contributed by atoms with Crippen molar-refractivity contribution in [2.24, 2.45) is 0 Å². The third kappa shape index (κ3) is 4.25. The fourth-order valence-electron chi connectivity index (χ4n) is 5.23. The van der Waals surface area contributed by atoms with Crippen LogP contribution in [0.1, 0.15) is 38.9 Å². The lowest BCUT2D eigenvalue weighted by molar-refractivity contribution is 0.0714. The molecule has 0 bridgehead atoms. The molecule has 2 aliphatic heterocycles. The second-order valence-corrected chi connectivity index (χ2v) is 10.1. The van der Waals surface area contributed by atoms with Crippen molar-refractivity contribution in [3.63, 3.8) is 0 Å². The van der Waals surface area contributed by atoms with Gasteiger partial charge in [0, 0.05) is 11.6 Å². The molecular weight excluding hydrogens is 530 g/mol. The number of carbonyl (C=O) groups excluding carboxylic acids is 1. The number of carbonyl (C=O) groups is 1. The molecule has 1 amide bonds. The fraction of sp³-hybridized carbons (Fsp3) is 0.125. The van der Waals surface area contributed by atoms with Crippen LogP contribution in [0.3, 0.4) is 0 Å². The maximum absolute atomic E-state index is 13.8.